The lowest BCUT2D eigenvalue weighted by molar-refractivity contribution is -0.156. The smallest absolute Gasteiger partial charge is 0.317 e. The molecule has 1 fully saturated rings. The molecule has 0 bridgehead atoms. The summed E-state index contributed by atoms with van der Waals surface area (Å²) in [6, 6.07) is 0. The Balaban J connectivity index is 2.13. The maximum atomic E-state index is 12.0. The number of esters is 4. The van der Waals surface area contributed by atoms with Crippen LogP contribution in [0.1, 0.15) is 295 Å². The predicted molar refractivity (Wildman–Crippen MR) is 256 cm³/mol. The normalized spacial score (nSPS) is 22.8. The van der Waals surface area contributed by atoms with Gasteiger partial charge in [0.15, 0.2) is 0 Å². The highest BCUT2D eigenvalue weighted by molar-refractivity contribution is 5.91. The summed E-state index contributed by atoms with van der Waals surface area (Å²) in [4.78, 5) is 48.0. The zero-order valence-electron chi connectivity index (χ0n) is 40.6. The van der Waals surface area contributed by atoms with Crippen molar-refractivity contribution in [3.8, 4) is 0 Å². The van der Waals surface area contributed by atoms with Crippen molar-refractivity contribution >= 4 is 23.9 Å². The topological polar surface area (TPSA) is 105 Å². The molecule has 364 valence electrons. The van der Waals surface area contributed by atoms with E-state index < -0.39 is 23.9 Å². The Labute approximate surface area is 382 Å². The zero-order valence-corrected chi connectivity index (χ0v) is 40.6. The van der Waals surface area contributed by atoms with Gasteiger partial charge in [0, 0.05) is 0 Å². The molecule has 0 unspecified atom stereocenters. The van der Waals surface area contributed by atoms with Crippen molar-refractivity contribution in [2.45, 2.75) is 295 Å². The SMILES string of the molecule is O=C1CC(=O)OCCCCCCCCCCCCCCCCCCCCCCCCOC(=O)CC(=O)OCCCCCCCCCCCCCCCCCCCCCCCCO1. The fourth-order valence-corrected chi connectivity index (χ4v) is 8.66. The van der Waals surface area contributed by atoms with Crippen molar-refractivity contribution in [1.29, 1.82) is 0 Å². The summed E-state index contributed by atoms with van der Waals surface area (Å²) in [5, 5.41) is 0. The average Bonchev–Trinajstić information content (AvgIpc) is 3.25. The summed E-state index contributed by atoms with van der Waals surface area (Å²) in [5.41, 5.74) is 0. The Morgan fingerprint density at radius 1 is 0.161 bits per heavy atom. The van der Waals surface area contributed by atoms with Gasteiger partial charge < -0.3 is 18.9 Å². The zero-order chi connectivity index (χ0) is 44.5. The molecule has 0 spiro atoms. The van der Waals surface area contributed by atoms with Crippen LogP contribution in [0, 0.1) is 0 Å². The summed E-state index contributed by atoms with van der Waals surface area (Å²) in [6.07, 6.45) is 54.8. The minimum atomic E-state index is -0.457. The summed E-state index contributed by atoms with van der Waals surface area (Å²) < 4.78 is 21.1. The molecule has 0 radical (unpaired) electrons. The van der Waals surface area contributed by atoms with Gasteiger partial charge in [-0.25, -0.2) is 0 Å². The fourth-order valence-electron chi connectivity index (χ4n) is 8.66. The van der Waals surface area contributed by atoms with Gasteiger partial charge in [0.2, 0.25) is 0 Å². The van der Waals surface area contributed by atoms with Crippen LogP contribution in [0.2, 0.25) is 0 Å². The molecule has 62 heavy (non-hydrogen) atoms. The Hall–Kier alpha value is -2.12. The van der Waals surface area contributed by atoms with E-state index in [2.05, 4.69) is 0 Å². The second kappa shape index (κ2) is 48.3. The summed E-state index contributed by atoms with van der Waals surface area (Å²) >= 11 is 0. The molecule has 0 amide bonds. The molecule has 1 rings (SSSR count). The van der Waals surface area contributed by atoms with E-state index in [0.717, 1.165) is 51.4 Å². The van der Waals surface area contributed by atoms with Crippen LogP contribution in [0.15, 0.2) is 0 Å². The number of carbonyl (C=O) groups is 4. The molecule has 8 heteroatoms. The lowest BCUT2D eigenvalue weighted by atomic mass is 10.0. The van der Waals surface area contributed by atoms with Gasteiger partial charge >= 0.3 is 23.9 Å². The van der Waals surface area contributed by atoms with E-state index in [1.54, 1.807) is 0 Å². The Morgan fingerprint density at radius 2 is 0.258 bits per heavy atom. The van der Waals surface area contributed by atoms with Gasteiger partial charge in [-0.1, -0.05) is 257 Å². The highest BCUT2D eigenvalue weighted by Gasteiger charge is 2.13. The van der Waals surface area contributed by atoms with Crippen molar-refractivity contribution in [3.63, 3.8) is 0 Å². The fraction of sp³-hybridized carbons (Fsp3) is 0.926. The van der Waals surface area contributed by atoms with Gasteiger partial charge in [-0.2, -0.15) is 0 Å². The highest BCUT2D eigenvalue weighted by atomic mass is 16.6. The lowest BCUT2D eigenvalue weighted by Crippen LogP contribution is -2.15. The largest absolute Gasteiger partial charge is 0.465 e. The third kappa shape index (κ3) is 45.9. The van der Waals surface area contributed by atoms with E-state index in [0.29, 0.717) is 26.4 Å². The maximum absolute atomic E-state index is 12.0. The molecule has 0 atom stereocenters. The van der Waals surface area contributed by atoms with Crippen LogP contribution < -0.4 is 0 Å². The number of ether oxygens (including phenoxy) is 4. The summed E-state index contributed by atoms with van der Waals surface area (Å²) in [7, 11) is 0. The minimum absolute atomic E-state index is 0.268. The van der Waals surface area contributed by atoms with Crippen LogP contribution in [-0.2, 0) is 38.1 Å². The first-order chi connectivity index (χ1) is 30.6. The first-order valence-corrected chi connectivity index (χ1v) is 27.2. The Bertz CT molecular complexity index is 845. The van der Waals surface area contributed by atoms with Crippen LogP contribution in [0.5, 0.6) is 0 Å². The molecule has 1 aliphatic rings. The van der Waals surface area contributed by atoms with E-state index in [9.17, 15) is 19.2 Å². The Morgan fingerprint density at radius 3 is 0.371 bits per heavy atom. The minimum Gasteiger partial charge on any atom is -0.465 e. The maximum Gasteiger partial charge on any atom is 0.317 e. The molecular formula is C54H100O8. The van der Waals surface area contributed by atoms with Gasteiger partial charge in [-0.05, 0) is 25.7 Å². The summed E-state index contributed by atoms with van der Waals surface area (Å²) in [6.45, 7) is 1.61. The quantitative estimate of drug-likeness (QED) is 0.135. The van der Waals surface area contributed by atoms with Crippen LogP contribution in [-0.4, -0.2) is 50.3 Å². The molecule has 0 N–H and O–H groups in total. The van der Waals surface area contributed by atoms with Gasteiger partial charge in [0.1, 0.15) is 12.8 Å². The monoisotopic (exact) mass is 877 g/mol. The standard InChI is InChI=1S/C54H100O8/c55-51-49-53(57)61-47-43-39-35-31-27-23-19-15-11-7-3-4-8-12-16-20-24-28-32-36-40-44-48-62-54(58)50-52(56)60-46-42-38-34-30-26-22-18-14-10-6-2-1-5-9-13-17-21-25-29-33-37-41-45-59-51/h1-50H2. The van der Waals surface area contributed by atoms with Crippen LogP contribution in [0.4, 0.5) is 0 Å². The van der Waals surface area contributed by atoms with Crippen LogP contribution in [0.25, 0.3) is 0 Å². The molecular weight excluding hydrogens is 777 g/mol. The Kier molecular flexibility index (Phi) is 45.1. The van der Waals surface area contributed by atoms with Crippen LogP contribution >= 0.6 is 0 Å². The molecule has 0 aromatic heterocycles. The number of rotatable bonds is 0. The first kappa shape index (κ1) is 57.9. The van der Waals surface area contributed by atoms with Gasteiger partial charge in [-0.15, -0.1) is 0 Å². The van der Waals surface area contributed by atoms with Crippen molar-refractivity contribution in [2.75, 3.05) is 26.4 Å². The van der Waals surface area contributed by atoms with Crippen LogP contribution in [0.3, 0.4) is 0 Å². The summed E-state index contributed by atoms with van der Waals surface area (Å²) in [5.74, 6) is -1.83. The number of hydrogen-bond acceptors (Lipinski definition) is 8. The van der Waals surface area contributed by atoms with Crippen molar-refractivity contribution < 1.29 is 38.1 Å². The van der Waals surface area contributed by atoms with Crippen molar-refractivity contribution in [1.82, 2.24) is 0 Å². The lowest BCUT2D eigenvalue weighted by Gasteiger charge is -2.07. The van der Waals surface area contributed by atoms with E-state index in [4.69, 9.17) is 18.9 Å². The van der Waals surface area contributed by atoms with E-state index in [1.807, 2.05) is 0 Å². The molecule has 0 aromatic carbocycles. The van der Waals surface area contributed by atoms with Gasteiger partial charge in [0.05, 0.1) is 26.4 Å². The average molecular weight is 877 g/mol. The molecule has 0 saturated carbocycles. The number of carbonyl (C=O) groups excluding carboxylic acids is 4. The third-order valence-electron chi connectivity index (χ3n) is 12.7. The number of hydrogen-bond donors (Lipinski definition) is 0. The van der Waals surface area contributed by atoms with Gasteiger partial charge in [-0.3, -0.25) is 19.2 Å². The predicted octanol–water partition coefficient (Wildman–Crippen LogP) is 16.1. The van der Waals surface area contributed by atoms with E-state index in [1.165, 1.54) is 231 Å². The molecule has 0 aromatic rings. The second-order valence-corrected chi connectivity index (χ2v) is 18.8. The van der Waals surface area contributed by atoms with E-state index in [-0.39, 0.29) is 12.8 Å². The molecule has 1 aliphatic heterocycles. The third-order valence-corrected chi connectivity index (χ3v) is 12.7. The highest BCUT2D eigenvalue weighted by Crippen LogP contribution is 2.18. The molecule has 1 heterocycles. The second-order valence-electron chi connectivity index (χ2n) is 18.8. The van der Waals surface area contributed by atoms with Gasteiger partial charge in [0.25, 0.3) is 0 Å². The molecule has 8 nitrogen and oxygen atoms in total. The number of cyclic esters (lactones) is 4. The van der Waals surface area contributed by atoms with Crippen molar-refractivity contribution in [2.24, 2.45) is 0 Å². The molecule has 1 saturated heterocycles. The molecule has 0 aliphatic carbocycles. The first-order valence-electron chi connectivity index (χ1n) is 27.2. The van der Waals surface area contributed by atoms with E-state index >= 15 is 0 Å². The van der Waals surface area contributed by atoms with Crippen molar-refractivity contribution in [3.05, 3.63) is 0 Å².